The first-order valence-electron chi connectivity index (χ1n) is 5.33. The van der Waals surface area contributed by atoms with Gasteiger partial charge in [0, 0.05) is 24.9 Å². The van der Waals surface area contributed by atoms with Crippen LogP contribution in [-0.2, 0) is 0 Å². The maximum Gasteiger partial charge on any atom is 0.0452 e. The van der Waals surface area contributed by atoms with Crippen molar-refractivity contribution in [1.29, 1.82) is 0 Å². The van der Waals surface area contributed by atoms with Crippen LogP contribution in [0, 0.1) is 23.7 Å². The first kappa shape index (κ1) is 11.3. The van der Waals surface area contributed by atoms with Crippen molar-refractivity contribution in [2.24, 2.45) is 11.8 Å². The van der Waals surface area contributed by atoms with Crippen molar-refractivity contribution in [3.05, 3.63) is 12.2 Å². The van der Waals surface area contributed by atoms with Crippen LogP contribution in [0.4, 0.5) is 0 Å². The van der Waals surface area contributed by atoms with Crippen molar-refractivity contribution in [3.8, 4) is 11.8 Å². The van der Waals surface area contributed by atoms with Gasteiger partial charge in [0.1, 0.15) is 0 Å². The van der Waals surface area contributed by atoms with Gasteiger partial charge in [-0.05, 0) is 26.9 Å². The van der Waals surface area contributed by atoms with Crippen molar-refractivity contribution >= 4 is 0 Å². The summed E-state index contributed by atoms with van der Waals surface area (Å²) < 4.78 is 0. The molecule has 78 valence electrons. The van der Waals surface area contributed by atoms with Gasteiger partial charge in [0.2, 0.25) is 0 Å². The second-order valence-corrected chi connectivity index (χ2v) is 3.71. The summed E-state index contributed by atoms with van der Waals surface area (Å²) in [4.78, 5) is 0. The van der Waals surface area contributed by atoms with Gasteiger partial charge in [-0.3, -0.25) is 0 Å². The number of rotatable bonds is 4. The second kappa shape index (κ2) is 6.64. The Hall–Kier alpha value is -0.780. The molecule has 2 N–H and O–H groups in total. The van der Waals surface area contributed by atoms with Crippen molar-refractivity contribution < 1.29 is 0 Å². The van der Waals surface area contributed by atoms with Gasteiger partial charge in [0.25, 0.3) is 0 Å². The monoisotopic (exact) mass is 192 g/mol. The van der Waals surface area contributed by atoms with E-state index in [0.29, 0.717) is 11.8 Å². The highest BCUT2D eigenvalue weighted by molar-refractivity contribution is 5.16. The molecule has 1 unspecified atom stereocenters. The molecule has 0 saturated heterocycles. The van der Waals surface area contributed by atoms with E-state index in [1.54, 1.807) is 0 Å². The summed E-state index contributed by atoms with van der Waals surface area (Å²) in [5, 5.41) is 6.33. The molecule has 0 aromatic rings. The number of allylic oxidation sites excluding steroid dienone is 2. The third kappa shape index (κ3) is 3.95. The molecule has 0 aliphatic heterocycles. The fraction of sp³-hybridized carbons (Fsp3) is 0.667. The van der Waals surface area contributed by atoms with E-state index in [9.17, 15) is 0 Å². The molecule has 0 amide bonds. The Morgan fingerprint density at radius 1 is 1.36 bits per heavy atom. The van der Waals surface area contributed by atoms with Crippen LogP contribution in [0.5, 0.6) is 0 Å². The average molecular weight is 192 g/mol. The summed E-state index contributed by atoms with van der Waals surface area (Å²) in [5.41, 5.74) is 0. The van der Waals surface area contributed by atoms with E-state index in [-0.39, 0.29) is 0 Å². The quantitative estimate of drug-likeness (QED) is 0.513. The van der Waals surface area contributed by atoms with Crippen LogP contribution in [0.25, 0.3) is 0 Å². The minimum Gasteiger partial charge on any atom is -0.318 e. The lowest BCUT2D eigenvalue weighted by Gasteiger charge is -2.08. The van der Waals surface area contributed by atoms with Gasteiger partial charge < -0.3 is 10.6 Å². The molecule has 0 aromatic heterocycles. The molecule has 1 atom stereocenters. The molecule has 1 rings (SSSR count). The normalized spacial score (nSPS) is 19.8. The van der Waals surface area contributed by atoms with Gasteiger partial charge in [0.15, 0.2) is 0 Å². The molecular formula is C12H20N2. The number of hydrogen-bond donors (Lipinski definition) is 2. The molecular weight excluding hydrogens is 172 g/mol. The van der Waals surface area contributed by atoms with Crippen LogP contribution < -0.4 is 10.6 Å². The Morgan fingerprint density at radius 3 is 2.57 bits per heavy atom. The van der Waals surface area contributed by atoms with Gasteiger partial charge in [-0.25, -0.2) is 0 Å². The topological polar surface area (TPSA) is 24.1 Å². The first-order valence-corrected chi connectivity index (χ1v) is 5.33. The van der Waals surface area contributed by atoms with E-state index in [1.165, 1.54) is 12.8 Å². The predicted molar refractivity (Wildman–Crippen MR) is 61.0 cm³/mol. The summed E-state index contributed by atoms with van der Waals surface area (Å²) in [5.74, 6) is 7.61. The van der Waals surface area contributed by atoms with E-state index in [0.717, 1.165) is 13.1 Å². The molecule has 0 fully saturated rings. The van der Waals surface area contributed by atoms with Crippen molar-refractivity contribution in [1.82, 2.24) is 10.6 Å². The minimum atomic E-state index is 0.430. The number of hydrogen-bond acceptors (Lipinski definition) is 2. The lowest BCUT2D eigenvalue weighted by molar-refractivity contribution is 0.577. The minimum absolute atomic E-state index is 0.430. The molecule has 0 spiro atoms. The zero-order valence-corrected chi connectivity index (χ0v) is 9.14. The van der Waals surface area contributed by atoms with E-state index >= 15 is 0 Å². The molecule has 14 heavy (non-hydrogen) atoms. The highest BCUT2D eigenvalue weighted by atomic mass is 14.9. The molecule has 0 saturated carbocycles. The van der Waals surface area contributed by atoms with E-state index in [4.69, 9.17) is 0 Å². The highest BCUT2D eigenvalue weighted by Gasteiger charge is 2.06. The van der Waals surface area contributed by atoms with Gasteiger partial charge in [-0.15, -0.1) is 0 Å². The Kier molecular flexibility index (Phi) is 5.36. The first-order chi connectivity index (χ1) is 6.86. The Labute approximate surface area is 87.2 Å². The van der Waals surface area contributed by atoms with Gasteiger partial charge >= 0.3 is 0 Å². The molecule has 2 nitrogen and oxygen atoms in total. The summed E-state index contributed by atoms with van der Waals surface area (Å²) in [6.45, 7) is 1.93. The van der Waals surface area contributed by atoms with Gasteiger partial charge in [-0.2, -0.15) is 0 Å². The fourth-order valence-electron chi connectivity index (χ4n) is 1.64. The van der Waals surface area contributed by atoms with Gasteiger partial charge in [-0.1, -0.05) is 24.0 Å². The second-order valence-electron chi connectivity index (χ2n) is 3.71. The Morgan fingerprint density at radius 2 is 2.07 bits per heavy atom. The van der Waals surface area contributed by atoms with Crippen molar-refractivity contribution in [2.75, 3.05) is 27.2 Å². The predicted octanol–water partition coefficient (Wildman–Crippen LogP) is 1.01. The summed E-state index contributed by atoms with van der Waals surface area (Å²) in [6.07, 6.45) is 6.86. The zero-order valence-electron chi connectivity index (χ0n) is 9.14. The van der Waals surface area contributed by atoms with Crippen molar-refractivity contribution in [2.45, 2.75) is 12.8 Å². The summed E-state index contributed by atoms with van der Waals surface area (Å²) in [6, 6.07) is 0. The lowest BCUT2D eigenvalue weighted by atomic mass is 10.1. The van der Waals surface area contributed by atoms with Crippen LogP contribution in [0.15, 0.2) is 12.2 Å². The zero-order chi connectivity index (χ0) is 10.2. The summed E-state index contributed by atoms with van der Waals surface area (Å²) >= 11 is 0. The average Bonchev–Trinajstić information content (AvgIpc) is 2.67. The molecule has 0 aromatic carbocycles. The lowest BCUT2D eigenvalue weighted by Crippen LogP contribution is -2.26. The molecule has 0 heterocycles. The molecule has 2 heteroatoms. The number of nitrogens with one attached hydrogen (secondary N) is 2. The van der Waals surface area contributed by atoms with E-state index in [1.807, 2.05) is 14.1 Å². The molecule has 1 aliphatic carbocycles. The standard InChI is InChI=1S/C12H20N2/c1-13-9-12(10-14-2)8-7-11-5-3-4-6-11/h3,5,11-14H,4,6,9-10H2,1-2H3. The van der Waals surface area contributed by atoms with Gasteiger partial charge in [0.05, 0.1) is 0 Å². The SMILES string of the molecule is CNCC(C#CC1C=CCC1)CNC. The maximum atomic E-state index is 3.34. The van der Waals surface area contributed by atoms with Crippen LogP contribution >= 0.6 is 0 Å². The largest absolute Gasteiger partial charge is 0.318 e. The highest BCUT2D eigenvalue weighted by Crippen LogP contribution is 2.15. The van der Waals surface area contributed by atoms with Crippen LogP contribution in [0.3, 0.4) is 0 Å². The van der Waals surface area contributed by atoms with E-state index < -0.39 is 0 Å². The molecule has 1 aliphatic rings. The van der Waals surface area contributed by atoms with Crippen molar-refractivity contribution in [3.63, 3.8) is 0 Å². The van der Waals surface area contributed by atoms with E-state index in [2.05, 4.69) is 34.6 Å². The molecule has 0 radical (unpaired) electrons. The van der Waals surface area contributed by atoms with Crippen LogP contribution in [-0.4, -0.2) is 27.2 Å². The third-order valence-electron chi connectivity index (χ3n) is 2.39. The summed E-state index contributed by atoms with van der Waals surface area (Å²) in [7, 11) is 3.94. The fourth-order valence-corrected chi connectivity index (χ4v) is 1.64. The molecule has 0 bridgehead atoms. The Bertz CT molecular complexity index is 228. The third-order valence-corrected chi connectivity index (χ3v) is 2.39. The maximum absolute atomic E-state index is 3.34. The smallest absolute Gasteiger partial charge is 0.0452 e. The Balaban J connectivity index is 2.39. The van der Waals surface area contributed by atoms with Crippen LogP contribution in [0.1, 0.15) is 12.8 Å². The van der Waals surface area contributed by atoms with Crippen LogP contribution in [0.2, 0.25) is 0 Å².